The second kappa shape index (κ2) is 8.05. The molecule has 0 saturated carbocycles. The van der Waals surface area contributed by atoms with Crippen LogP contribution in [0.4, 0.5) is 18.9 Å². The molecule has 28 heavy (non-hydrogen) atoms. The van der Waals surface area contributed by atoms with E-state index in [2.05, 4.69) is 10.3 Å². The first-order chi connectivity index (χ1) is 13.3. The SMILES string of the molecule is CCn1c(SCC(=O)Nc2ccccc2C(F)(F)F)nc2ccccc2c1=O. The van der Waals surface area contributed by atoms with Gasteiger partial charge in [0.15, 0.2) is 5.16 Å². The predicted octanol–water partition coefficient (Wildman–Crippen LogP) is 4.17. The van der Waals surface area contributed by atoms with E-state index >= 15 is 0 Å². The number of aromatic nitrogens is 2. The minimum absolute atomic E-state index is 0.184. The van der Waals surface area contributed by atoms with Gasteiger partial charge in [0.25, 0.3) is 5.56 Å². The van der Waals surface area contributed by atoms with E-state index in [4.69, 9.17) is 0 Å². The first kappa shape index (κ1) is 19.9. The Hall–Kier alpha value is -2.81. The highest BCUT2D eigenvalue weighted by Crippen LogP contribution is 2.34. The molecule has 1 aromatic heterocycles. The average Bonchev–Trinajstić information content (AvgIpc) is 2.66. The molecule has 0 bridgehead atoms. The van der Waals surface area contributed by atoms with Crippen LogP contribution in [0.3, 0.4) is 0 Å². The molecule has 2 aromatic carbocycles. The lowest BCUT2D eigenvalue weighted by Gasteiger charge is -2.14. The van der Waals surface area contributed by atoms with E-state index < -0.39 is 17.6 Å². The Morgan fingerprint density at radius 1 is 1.14 bits per heavy atom. The van der Waals surface area contributed by atoms with E-state index in [0.717, 1.165) is 17.8 Å². The summed E-state index contributed by atoms with van der Waals surface area (Å²) in [7, 11) is 0. The van der Waals surface area contributed by atoms with Gasteiger partial charge in [-0.1, -0.05) is 36.0 Å². The molecular formula is C19H16F3N3O2S. The molecule has 146 valence electrons. The second-order valence-electron chi connectivity index (χ2n) is 5.84. The molecule has 0 fully saturated rings. The van der Waals surface area contributed by atoms with Crippen molar-refractivity contribution in [2.45, 2.75) is 24.8 Å². The zero-order valence-electron chi connectivity index (χ0n) is 14.8. The fraction of sp³-hybridized carbons (Fsp3) is 0.211. The highest BCUT2D eigenvalue weighted by atomic mass is 32.2. The molecule has 9 heteroatoms. The first-order valence-corrected chi connectivity index (χ1v) is 9.38. The largest absolute Gasteiger partial charge is 0.418 e. The number of benzene rings is 2. The summed E-state index contributed by atoms with van der Waals surface area (Å²) >= 11 is 1.000. The van der Waals surface area contributed by atoms with Crippen LogP contribution in [0, 0.1) is 0 Å². The van der Waals surface area contributed by atoms with Crippen LogP contribution in [0.1, 0.15) is 12.5 Å². The standard InChI is InChI=1S/C19H16F3N3O2S/c1-2-25-17(27)12-7-3-5-9-14(12)24-18(25)28-11-16(26)23-15-10-6-4-8-13(15)19(20,21)22/h3-10H,2,11H2,1H3,(H,23,26). The maximum absolute atomic E-state index is 13.0. The van der Waals surface area contributed by atoms with Gasteiger partial charge >= 0.3 is 6.18 Å². The summed E-state index contributed by atoms with van der Waals surface area (Å²) in [5.74, 6) is -0.802. The first-order valence-electron chi connectivity index (χ1n) is 8.39. The maximum atomic E-state index is 13.0. The van der Waals surface area contributed by atoms with E-state index in [0.29, 0.717) is 22.6 Å². The summed E-state index contributed by atoms with van der Waals surface area (Å²) in [6.07, 6.45) is -4.57. The Labute approximate surface area is 162 Å². The normalized spacial score (nSPS) is 11.6. The van der Waals surface area contributed by atoms with Crippen molar-refractivity contribution in [3.05, 3.63) is 64.4 Å². The fourth-order valence-corrected chi connectivity index (χ4v) is 3.56. The van der Waals surface area contributed by atoms with Gasteiger partial charge in [-0.3, -0.25) is 14.2 Å². The number of alkyl halides is 3. The minimum atomic E-state index is -4.57. The highest BCUT2D eigenvalue weighted by molar-refractivity contribution is 7.99. The average molecular weight is 407 g/mol. The molecule has 0 unspecified atom stereocenters. The van der Waals surface area contributed by atoms with Crippen molar-refractivity contribution >= 4 is 34.3 Å². The highest BCUT2D eigenvalue weighted by Gasteiger charge is 2.33. The molecule has 0 saturated heterocycles. The van der Waals surface area contributed by atoms with Crippen molar-refractivity contribution < 1.29 is 18.0 Å². The van der Waals surface area contributed by atoms with Crippen molar-refractivity contribution in [2.24, 2.45) is 0 Å². The second-order valence-corrected chi connectivity index (χ2v) is 6.78. The number of rotatable bonds is 5. The van der Waals surface area contributed by atoms with Gasteiger partial charge in [0, 0.05) is 6.54 Å². The lowest BCUT2D eigenvalue weighted by atomic mass is 10.1. The molecule has 3 aromatic rings. The van der Waals surface area contributed by atoms with Gasteiger partial charge in [-0.05, 0) is 31.2 Å². The Morgan fingerprint density at radius 3 is 2.54 bits per heavy atom. The molecule has 5 nitrogen and oxygen atoms in total. The lowest BCUT2D eigenvalue weighted by molar-refractivity contribution is -0.137. The Kier molecular flexibility index (Phi) is 5.73. The third-order valence-corrected chi connectivity index (χ3v) is 4.96. The molecule has 0 spiro atoms. The molecule has 3 rings (SSSR count). The van der Waals surface area contributed by atoms with Crippen LogP contribution >= 0.6 is 11.8 Å². The van der Waals surface area contributed by atoms with Crippen LogP contribution in [0.2, 0.25) is 0 Å². The van der Waals surface area contributed by atoms with Crippen molar-refractivity contribution in [1.82, 2.24) is 9.55 Å². The minimum Gasteiger partial charge on any atom is -0.325 e. The Bertz CT molecular complexity index is 1080. The van der Waals surface area contributed by atoms with Crippen molar-refractivity contribution in [2.75, 3.05) is 11.1 Å². The number of thioether (sulfide) groups is 1. The number of carbonyl (C=O) groups is 1. The molecule has 1 amide bonds. The number of carbonyl (C=O) groups excluding carboxylic acids is 1. The number of para-hydroxylation sites is 2. The molecule has 0 aliphatic carbocycles. The summed E-state index contributed by atoms with van der Waals surface area (Å²) in [6.45, 7) is 2.14. The number of nitrogens with one attached hydrogen (secondary N) is 1. The van der Waals surface area contributed by atoms with Gasteiger partial charge in [0.05, 0.1) is 27.9 Å². The van der Waals surface area contributed by atoms with Gasteiger partial charge in [0.1, 0.15) is 0 Å². The maximum Gasteiger partial charge on any atom is 0.418 e. The fourth-order valence-electron chi connectivity index (χ4n) is 2.69. The number of hydrogen-bond donors (Lipinski definition) is 1. The van der Waals surface area contributed by atoms with Gasteiger partial charge in [-0.2, -0.15) is 13.2 Å². The van der Waals surface area contributed by atoms with Crippen LogP contribution < -0.4 is 10.9 Å². The quantitative estimate of drug-likeness (QED) is 0.509. The summed E-state index contributed by atoms with van der Waals surface area (Å²) < 4.78 is 40.5. The van der Waals surface area contributed by atoms with Crippen molar-refractivity contribution in [3.63, 3.8) is 0 Å². The zero-order valence-corrected chi connectivity index (χ0v) is 15.6. The molecule has 0 aliphatic rings. The van der Waals surface area contributed by atoms with E-state index in [1.54, 1.807) is 31.2 Å². The van der Waals surface area contributed by atoms with Crippen LogP contribution in [-0.2, 0) is 17.5 Å². The number of amides is 1. The Morgan fingerprint density at radius 2 is 1.82 bits per heavy atom. The van der Waals surface area contributed by atoms with Crippen molar-refractivity contribution in [3.8, 4) is 0 Å². The van der Waals surface area contributed by atoms with Crippen LogP contribution in [0.15, 0.2) is 58.5 Å². The lowest BCUT2D eigenvalue weighted by Crippen LogP contribution is -2.23. The van der Waals surface area contributed by atoms with E-state index in [1.165, 1.54) is 22.8 Å². The van der Waals surface area contributed by atoms with E-state index in [1.807, 2.05) is 0 Å². The number of nitrogens with zero attached hydrogens (tertiary/aromatic N) is 2. The summed E-state index contributed by atoms with van der Waals surface area (Å²) in [4.78, 5) is 29.2. The topological polar surface area (TPSA) is 64.0 Å². The zero-order chi connectivity index (χ0) is 20.3. The predicted molar refractivity (Wildman–Crippen MR) is 102 cm³/mol. The summed E-state index contributed by atoms with van der Waals surface area (Å²) in [5, 5.41) is 3.09. The van der Waals surface area contributed by atoms with Crippen molar-refractivity contribution in [1.29, 1.82) is 0 Å². The van der Waals surface area contributed by atoms with E-state index in [-0.39, 0.29) is 17.0 Å². The molecule has 0 aliphatic heterocycles. The number of fused-ring (bicyclic) bond motifs is 1. The third-order valence-electron chi connectivity index (χ3n) is 3.98. The Balaban J connectivity index is 1.80. The summed E-state index contributed by atoms with van der Waals surface area (Å²) in [5.41, 5.74) is -0.941. The number of anilines is 1. The van der Waals surface area contributed by atoms with Crippen LogP contribution in [-0.4, -0.2) is 21.2 Å². The van der Waals surface area contributed by atoms with Gasteiger partial charge in [0.2, 0.25) is 5.91 Å². The van der Waals surface area contributed by atoms with Crippen LogP contribution in [0.5, 0.6) is 0 Å². The molecular weight excluding hydrogens is 391 g/mol. The van der Waals surface area contributed by atoms with Gasteiger partial charge in [-0.25, -0.2) is 4.98 Å². The van der Waals surface area contributed by atoms with E-state index in [9.17, 15) is 22.8 Å². The number of halogens is 3. The molecule has 0 radical (unpaired) electrons. The third kappa shape index (κ3) is 4.19. The van der Waals surface area contributed by atoms with Gasteiger partial charge in [-0.15, -0.1) is 0 Å². The number of hydrogen-bond acceptors (Lipinski definition) is 4. The summed E-state index contributed by atoms with van der Waals surface area (Å²) in [6, 6.07) is 11.6. The molecule has 1 N–H and O–H groups in total. The van der Waals surface area contributed by atoms with Gasteiger partial charge < -0.3 is 5.32 Å². The van der Waals surface area contributed by atoms with Crippen LogP contribution in [0.25, 0.3) is 10.9 Å². The molecule has 1 heterocycles. The molecule has 0 atom stereocenters. The smallest absolute Gasteiger partial charge is 0.325 e. The monoisotopic (exact) mass is 407 g/mol.